The van der Waals surface area contributed by atoms with E-state index in [9.17, 15) is 13.6 Å². The van der Waals surface area contributed by atoms with E-state index in [0.29, 0.717) is 41.6 Å². The second kappa shape index (κ2) is 8.99. The highest BCUT2D eigenvalue weighted by Gasteiger charge is 2.27. The first-order chi connectivity index (χ1) is 16.8. The van der Waals surface area contributed by atoms with E-state index < -0.39 is 12.5 Å². The van der Waals surface area contributed by atoms with Gasteiger partial charge in [-0.15, -0.1) is 0 Å². The lowest BCUT2D eigenvalue weighted by molar-refractivity contribution is 0.0663. The molecule has 1 atom stereocenters. The average Bonchev–Trinajstić information content (AvgIpc) is 3.52. The van der Waals surface area contributed by atoms with Gasteiger partial charge in [-0.25, -0.2) is 18.7 Å². The first-order valence-electron chi connectivity index (χ1n) is 11.0. The number of nitrogens with two attached hydrogens (primary N) is 1. The highest BCUT2D eigenvalue weighted by Crippen LogP contribution is 2.32. The zero-order valence-corrected chi connectivity index (χ0v) is 19.2. The molecule has 1 aromatic carbocycles. The predicted molar refractivity (Wildman–Crippen MR) is 123 cm³/mol. The molecule has 1 aliphatic heterocycles. The minimum absolute atomic E-state index is 0.0843. The average molecular weight is 479 g/mol. The zero-order chi connectivity index (χ0) is 24.7. The predicted octanol–water partition coefficient (Wildman–Crippen LogP) is 3.71. The Morgan fingerprint density at radius 1 is 1.20 bits per heavy atom. The third-order valence-corrected chi connectivity index (χ3v) is 6.13. The van der Waals surface area contributed by atoms with Crippen LogP contribution in [0.15, 0.2) is 42.9 Å². The number of rotatable bonds is 6. The molecule has 5 rings (SSSR count). The number of carbonyl (C=O) groups is 1. The van der Waals surface area contributed by atoms with E-state index in [1.54, 1.807) is 41.2 Å². The van der Waals surface area contributed by atoms with Gasteiger partial charge in [0.05, 0.1) is 37.0 Å². The lowest BCUT2D eigenvalue weighted by Crippen LogP contribution is -2.34. The molecule has 0 spiro atoms. The summed E-state index contributed by atoms with van der Waals surface area (Å²) >= 11 is 0. The Kier molecular flexibility index (Phi) is 5.85. The molecule has 9 nitrogen and oxygen atoms in total. The van der Waals surface area contributed by atoms with Crippen molar-refractivity contribution in [2.75, 3.05) is 5.73 Å². The van der Waals surface area contributed by atoms with Crippen LogP contribution in [-0.4, -0.2) is 35.5 Å². The van der Waals surface area contributed by atoms with Crippen LogP contribution >= 0.6 is 0 Å². The molecule has 0 saturated heterocycles. The molecule has 1 amide bonds. The Hall–Kier alpha value is -3.99. The number of aromatic nitrogens is 5. The number of aryl methyl sites for hydroxylation is 1. The van der Waals surface area contributed by atoms with Crippen LogP contribution in [0, 0.1) is 0 Å². The van der Waals surface area contributed by atoms with Crippen LogP contribution in [0.2, 0.25) is 0 Å². The highest BCUT2D eigenvalue weighted by atomic mass is 19.3. The van der Waals surface area contributed by atoms with Crippen LogP contribution in [0.4, 0.5) is 14.6 Å². The highest BCUT2D eigenvalue weighted by molar-refractivity contribution is 5.99. The van der Waals surface area contributed by atoms with Crippen molar-refractivity contribution in [2.24, 2.45) is 7.05 Å². The van der Waals surface area contributed by atoms with Gasteiger partial charge in [-0.1, -0.05) is 0 Å². The van der Waals surface area contributed by atoms with Crippen molar-refractivity contribution < 1.29 is 18.3 Å². The first kappa shape index (κ1) is 22.8. The van der Waals surface area contributed by atoms with Crippen molar-refractivity contribution in [3.63, 3.8) is 0 Å². The third kappa shape index (κ3) is 4.30. The van der Waals surface area contributed by atoms with E-state index in [2.05, 4.69) is 20.1 Å². The molecule has 180 valence electrons. The van der Waals surface area contributed by atoms with E-state index in [4.69, 9.17) is 10.5 Å². The van der Waals surface area contributed by atoms with Gasteiger partial charge in [0.25, 0.3) is 12.3 Å². The van der Waals surface area contributed by atoms with Gasteiger partial charge in [0.1, 0.15) is 12.1 Å². The van der Waals surface area contributed by atoms with Crippen molar-refractivity contribution in [3.05, 3.63) is 76.6 Å². The smallest absolute Gasteiger partial charge is 0.265 e. The van der Waals surface area contributed by atoms with Crippen LogP contribution in [0.1, 0.15) is 58.0 Å². The maximum atomic E-state index is 13.8. The Bertz CT molecular complexity index is 1410. The van der Waals surface area contributed by atoms with Crippen molar-refractivity contribution in [1.82, 2.24) is 29.6 Å². The topological polar surface area (TPSA) is 112 Å². The second-order valence-corrected chi connectivity index (χ2v) is 8.45. The standard InChI is InChI=1S/C24H23F2N7O2/c1-13(23-29-12-32(2)31-23)33(9-16-5-3-15(8-28-16)21(25)26)24(34)14-4-6-20-17(7-14)18-10-35-11-19(18)22(27)30-20/h3-8,12-13,21H,9-11H2,1-2H3,(H2,27,30). The van der Waals surface area contributed by atoms with Gasteiger partial charge in [-0.05, 0) is 42.8 Å². The maximum absolute atomic E-state index is 13.8. The summed E-state index contributed by atoms with van der Waals surface area (Å²) in [6, 6.07) is 7.55. The van der Waals surface area contributed by atoms with E-state index >= 15 is 0 Å². The number of pyridine rings is 2. The van der Waals surface area contributed by atoms with Gasteiger partial charge in [-0.3, -0.25) is 14.5 Å². The monoisotopic (exact) mass is 479 g/mol. The van der Waals surface area contributed by atoms with Crippen LogP contribution in [0.5, 0.6) is 0 Å². The minimum atomic E-state index is -2.61. The Balaban J connectivity index is 1.53. The fourth-order valence-corrected chi connectivity index (χ4v) is 4.17. The molecular formula is C24H23F2N7O2. The number of fused-ring (bicyclic) bond motifs is 3. The third-order valence-electron chi connectivity index (χ3n) is 6.13. The Morgan fingerprint density at radius 2 is 2.00 bits per heavy atom. The molecule has 1 unspecified atom stereocenters. The lowest BCUT2D eigenvalue weighted by Gasteiger charge is -2.27. The van der Waals surface area contributed by atoms with Gasteiger partial charge in [0.15, 0.2) is 5.82 Å². The van der Waals surface area contributed by atoms with Crippen LogP contribution in [-0.2, 0) is 31.5 Å². The summed E-state index contributed by atoms with van der Waals surface area (Å²) in [6.07, 6.45) is 0.0679. The lowest BCUT2D eigenvalue weighted by atomic mass is 10.0. The number of nitrogen functional groups attached to an aromatic ring is 1. The molecule has 1 aliphatic rings. The number of hydrogen-bond donors (Lipinski definition) is 1. The SMILES string of the molecule is CC(c1ncn(C)n1)N(Cc1ccc(C(F)F)cn1)C(=O)c1ccc2nc(N)c3c(c2c1)COC3. The number of benzene rings is 1. The van der Waals surface area contributed by atoms with Crippen LogP contribution in [0.25, 0.3) is 10.9 Å². The van der Waals surface area contributed by atoms with Crippen LogP contribution in [0.3, 0.4) is 0 Å². The van der Waals surface area contributed by atoms with E-state index in [-0.39, 0.29) is 18.0 Å². The number of anilines is 1. The van der Waals surface area contributed by atoms with Gasteiger partial charge < -0.3 is 15.4 Å². The maximum Gasteiger partial charge on any atom is 0.265 e. The molecule has 0 bridgehead atoms. The summed E-state index contributed by atoms with van der Waals surface area (Å²) < 4.78 is 33.0. The zero-order valence-electron chi connectivity index (χ0n) is 19.2. The number of alkyl halides is 2. The number of carbonyl (C=O) groups excluding carboxylic acids is 1. The normalized spacial score (nSPS) is 13.9. The number of hydrogen-bond acceptors (Lipinski definition) is 7. The molecule has 35 heavy (non-hydrogen) atoms. The molecule has 3 aromatic heterocycles. The summed E-state index contributed by atoms with van der Waals surface area (Å²) in [5.41, 5.74) is 9.24. The fourth-order valence-electron chi connectivity index (χ4n) is 4.17. The molecule has 4 aromatic rings. The number of halogens is 2. The van der Waals surface area contributed by atoms with Crippen molar-refractivity contribution in [3.8, 4) is 0 Å². The molecule has 0 aliphatic carbocycles. The summed E-state index contributed by atoms with van der Waals surface area (Å²) in [7, 11) is 1.74. The van der Waals surface area contributed by atoms with Crippen molar-refractivity contribution in [2.45, 2.75) is 39.1 Å². The molecule has 11 heteroatoms. The van der Waals surface area contributed by atoms with E-state index in [0.717, 1.165) is 22.7 Å². The van der Waals surface area contributed by atoms with Crippen molar-refractivity contribution in [1.29, 1.82) is 0 Å². The van der Waals surface area contributed by atoms with E-state index in [1.165, 1.54) is 12.1 Å². The van der Waals surface area contributed by atoms with Crippen molar-refractivity contribution >= 4 is 22.6 Å². The summed E-state index contributed by atoms with van der Waals surface area (Å²) in [5.74, 6) is 0.601. The Morgan fingerprint density at radius 3 is 2.69 bits per heavy atom. The summed E-state index contributed by atoms with van der Waals surface area (Å²) in [5, 5.41) is 5.15. The first-order valence-corrected chi connectivity index (χ1v) is 11.0. The number of amides is 1. The molecule has 0 fully saturated rings. The van der Waals surface area contributed by atoms with Crippen LogP contribution < -0.4 is 5.73 Å². The van der Waals surface area contributed by atoms with Gasteiger partial charge in [-0.2, -0.15) is 5.10 Å². The Labute approximate surface area is 199 Å². The second-order valence-electron chi connectivity index (χ2n) is 8.45. The molecule has 0 radical (unpaired) electrons. The minimum Gasteiger partial charge on any atom is -0.383 e. The fraction of sp³-hybridized carbons (Fsp3) is 0.292. The quantitative estimate of drug-likeness (QED) is 0.449. The van der Waals surface area contributed by atoms with E-state index in [1.807, 2.05) is 6.92 Å². The van der Waals surface area contributed by atoms with Gasteiger partial charge in [0.2, 0.25) is 0 Å². The molecule has 4 heterocycles. The number of nitrogens with zero attached hydrogens (tertiary/aromatic N) is 6. The molecular weight excluding hydrogens is 456 g/mol. The molecule has 0 saturated carbocycles. The largest absolute Gasteiger partial charge is 0.383 e. The summed E-state index contributed by atoms with van der Waals surface area (Å²) in [6.45, 7) is 2.68. The number of ether oxygens (including phenoxy) is 1. The molecule has 2 N–H and O–H groups in total. The van der Waals surface area contributed by atoms with Gasteiger partial charge in [0, 0.05) is 35.3 Å². The summed E-state index contributed by atoms with van der Waals surface area (Å²) in [4.78, 5) is 28.3. The van der Waals surface area contributed by atoms with Gasteiger partial charge >= 0.3 is 0 Å².